The van der Waals surface area contributed by atoms with Crippen molar-refractivity contribution in [2.24, 2.45) is 0 Å². The molecular formula is C57H44N4. The molecule has 0 bridgehead atoms. The number of fused-ring (bicyclic) bond motifs is 15. The highest BCUT2D eigenvalue weighted by atomic mass is 15.2. The van der Waals surface area contributed by atoms with Crippen LogP contribution >= 0.6 is 0 Å². The Balaban J connectivity index is 1.29. The second kappa shape index (κ2) is 11.8. The van der Waals surface area contributed by atoms with Crippen LogP contribution in [0.2, 0.25) is 0 Å². The molecule has 0 saturated carbocycles. The average Bonchev–Trinajstić information content (AvgIpc) is 3.98. The Morgan fingerprint density at radius 2 is 0.902 bits per heavy atom. The van der Waals surface area contributed by atoms with Crippen molar-refractivity contribution in [2.45, 2.75) is 52.4 Å². The fourth-order valence-corrected chi connectivity index (χ4v) is 10.6. The Kier molecular flexibility index (Phi) is 6.69. The zero-order valence-electron chi connectivity index (χ0n) is 35.3. The summed E-state index contributed by atoms with van der Waals surface area (Å²) in [6.07, 6.45) is 0. The molecule has 0 radical (unpaired) electrons. The second-order valence-corrected chi connectivity index (χ2v) is 19.3. The number of para-hydroxylation sites is 2. The second-order valence-electron chi connectivity index (χ2n) is 19.3. The lowest BCUT2D eigenvalue weighted by Crippen LogP contribution is -2.11. The molecule has 0 atom stereocenters. The van der Waals surface area contributed by atoms with E-state index in [1.165, 1.54) is 92.4 Å². The summed E-state index contributed by atoms with van der Waals surface area (Å²) >= 11 is 0. The summed E-state index contributed by atoms with van der Waals surface area (Å²) in [5.74, 6) is 0. The van der Waals surface area contributed by atoms with Crippen molar-refractivity contribution in [3.8, 4) is 0 Å². The summed E-state index contributed by atoms with van der Waals surface area (Å²) < 4.78 is 5.06. The van der Waals surface area contributed by atoms with Gasteiger partial charge < -0.3 is 9.30 Å². The molecule has 0 saturated heterocycles. The molecule has 5 heterocycles. The minimum atomic E-state index is -0.0763. The normalized spacial score (nSPS) is 13.1. The molecular weight excluding hydrogens is 741 g/mol. The van der Waals surface area contributed by atoms with Gasteiger partial charge in [-0.2, -0.15) is 0 Å². The van der Waals surface area contributed by atoms with Crippen LogP contribution in [0, 0.1) is 0 Å². The minimum Gasteiger partial charge on any atom is -0.308 e. The first kappa shape index (κ1) is 34.7. The maximum atomic E-state index is 5.96. The third kappa shape index (κ3) is 4.62. The van der Waals surface area contributed by atoms with Crippen molar-refractivity contribution in [1.82, 2.24) is 13.8 Å². The van der Waals surface area contributed by atoms with E-state index in [0.717, 1.165) is 33.7 Å². The summed E-state index contributed by atoms with van der Waals surface area (Å²) in [6, 6.07) is 58.8. The number of anilines is 3. The highest BCUT2D eigenvalue weighted by Crippen LogP contribution is 2.51. The van der Waals surface area contributed by atoms with E-state index in [4.69, 9.17) is 4.98 Å². The fourth-order valence-electron chi connectivity index (χ4n) is 10.6. The van der Waals surface area contributed by atoms with Crippen LogP contribution in [-0.2, 0) is 10.8 Å². The summed E-state index contributed by atoms with van der Waals surface area (Å²) in [5, 5.41) is 13.6. The number of rotatable bonds is 3. The van der Waals surface area contributed by atoms with Crippen LogP contribution in [0.4, 0.5) is 17.1 Å². The largest absolute Gasteiger partial charge is 0.308 e. The molecule has 0 aliphatic rings. The zero-order chi connectivity index (χ0) is 41.1. The molecule has 4 nitrogen and oxygen atoms in total. The number of benzene rings is 8. The molecule has 5 aromatic heterocycles. The van der Waals surface area contributed by atoms with Gasteiger partial charge in [-0.05, 0) is 93.4 Å². The van der Waals surface area contributed by atoms with Gasteiger partial charge in [-0.15, -0.1) is 0 Å². The Morgan fingerprint density at radius 1 is 0.393 bits per heavy atom. The predicted octanol–water partition coefficient (Wildman–Crippen LogP) is 15.8. The van der Waals surface area contributed by atoms with Gasteiger partial charge in [0.1, 0.15) is 5.65 Å². The van der Waals surface area contributed by atoms with Gasteiger partial charge in [0.05, 0.1) is 38.8 Å². The molecule has 0 aliphatic carbocycles. The van der Waals surface area contributed by atoms with Crippen LogP contribution in [-0.4, -0.2) is 13.8 Å². The van der Waals surface area contributed by atoms with Crippen molar-refractivity contribution in [1.29, 1.82) is 0 Å². The maximum absolute atomic E-state index is 5.96. The Labute approximate surface area is 353 Å². The molecule has 292 valence electrons. The lowest BCUT2D eigenvalue weighted by Gasteiger charge is -2.28. The molecule has 0 amide bonds. The quantitative estimate of drug-likeness (QED) is 0.178. The van der Waals surface area contributed by atoms with Crippen LogP contribution in [0.25, 0.3) is 98.0 Å². The summed E-state index contributed by atoms with van der Waals surface area (Å²) in [4.78, 5) is 8.42. The molecule has 13 aromatic rings. The number of hydrogen-bond acceptors (Lipinski definition) is 2. The number of aromatic nitrogens is 3. The molecule has 61 heavy (non-hydrogen) atoms. The van der Waals surface area contributed by atoms with Crippen molar-refractivity contribution in [3.05, 3.63) is 169 Å². The summed E-state index contributed by atoms with van der Waals surface area (Å²) in [6.45, 7) is 14.0. The monoisotopic (exact) mass is 784 g/mol. The van der Waals surface area contributed by atoms with Gasteiger partial charge in [-0.25, -0.2) is 4.98 Å². The molecule has 0 spiro atoms. The SMILES string of the molecule is CC(C)(C)c1cc2c3cc4c(nc3n3c5c(N(c6ccccc6)c6ccccc6)c6ccccc6cc5c(c1)c23)c1cc(C(C)(C)C)cc2c3ccc5ccccc5c3n4c21. The van der Waals surface area contributed by atoms with E-state index in [1.54, 1.807) is 0 Å². The van der Waals surface area contributed by atoms with E-state index in [-0.39, 0.29) is 10.8 Å². The van der Waals surface area contributed by atoms with Crippen LogP contribution < -0.4 is 4.90 Å². The molecule has 0 aliphatic heterocycles. The van der Waals surface area contributed by atoms with Crippen molar-refractivity contribution >= 4 is 115 Å². The van der Waals surface area contributed by atoms with Gasteiger partial charge in [-0.1, -0.05) is 139 Å². The van der Waals surface area contributed by atoms with E-state index < -0.39 is 0 Å². The summed E-state index contributed by atoms with van der Waals surface area (Å²) in [7, 11) is 0. The van der Waals surface area contributed by atoms with Crippen molar-refractivity contribution in [3.63, 3.8) is 0 Å². The highest BCUT2D eigenvalue weighted by Gasteiger charge is 2.30. The van der Waals surface area contributed by atoms with E-state index in [1.807, 2.05) is 0 Å². The summed E-state index contributed by atoms with van der Waals surface area (Å²) in [5.41, 5.74) is 14.0. The number of nitrogens with zero attached hydrogens (tertiary/aromatic N) is 4. The molecule has 8 aromatic carbocycles. The first-order valence-electron chi connectivity index (χ1n) is 21.6. The maximum Gasteiger partial charge on any atom is 0.146 e. The third-order valence-corrected chi connectivity index (χ3v) is 13.6. The van der Waals surface area contributed by atoms with E-state index in [9.17, 15) is 0 Å². The van der Waals surface area contributed by atoms with Crippen LogP contribution in [0.3, 0.4) is 0 Å². The van der Waals surface area contributed by atoms with Gasteiger partial charge in [0.2, 0.25) is 0 Å². The third-order valence-electron chi connectivity index (χ3n) is 13.6. The topological polar surface area (TPSA) is 24.9 Å². The number of hydrogen-bond donors (Lipinski definition) is 0. The minimum absolute atomic E-state index is 0.0495. The Morgan fingerprint density at radius 3 is 1.56 bits per heavy atom. The van der Waals surface area contributed by atoms with E-state index in [0.29, 0.717) is 0 Å². The molecule has 0 unspecified atom stereocenters. The van der Waals surface area contributed by atoms with Gasteiger partial charge in [0.25, 0.3) is 0 Å². The van der Waals surface area contributed by atoms with Crippen molar-refractivity contribution in [2.75, 3.05) is 4.90 Å². The van der Waals surface area contributed by atoms with Gasteiger partial charge in [-0.3, -0.25) is 4.40 Å². The number of pyridine rings is 1. The van der Waals surface area contributed by atoms with Gasteiger partial charge in [0.15, 0.2) is 0 Å². The van der Waals surface area contributed by atoms with Crippen LogP contribution in [0.1, 0.15) is 52.7 Å². The van der Waals surface area contributed by atoms with Gasteiger partial charge in [0, 0.05) is 59.9 Å². The standard InChI is InChI=1S/C57H44N4/c1-56(2,3)35-29-44-42-27-34-18-14-16-24-40(34)53(59(37-19-9-7-10-20-37)38-21-11-8-12-22-38)54(42)61-51(44)45(30-35)46-32-48-49(58-55(46)61)47-31-36(57(4,5)6)28-43-41-26-25-33-17-13-15-23-39(33)50(41)60(48)52(43)47/h7-32H,1-6H3. The molecule has 0 N–H and O–H groups in total. The van der Waals surface area contributed by atoms with Crippen LogP contribution in [0.15, 0.2) is 158 Å². The molecule has 4 heteroatoms. The van der Waals surface area contributed by atoms with Gasteiger partial charge >= 0.3 is 0 Å². The smallest absolute Gasteiger partial charge is 0.146 e. The Bertz CT molecular complexity index is 3890. The fraction of sp³-hybridized carbons (Fsp3) is 0.140. The predicted molar refractivity (Wildman–Crippen MR) is 261 cm³/mol. The first-order chi connectivity index (χ1) is 29.5. The average molecular weight is 785 g/mol. The first-order valence-corrected chi connectivity index (χ1v) is 21.6. The Hall–Kier alpha value is -7.17. The zero-order valence-corrected chi connectivity index (χ0v) is 35.3. The van der Waals surface area contributed by atoms with E-state index in [2.05, 4.69) is 213 Å². The molecule has 13 rings (SSSR count). The van der Waals surface area contributed by atoms with Crippen LogP contribution in [0.5, 0.6) is 0 Å². The lowest BCUT2D eigenvalue weighted by molar-refractivity contribution is 0.591. The van der Waals surface area contributed by atoms with E-state index >= 15 is 0 Å². The molecule has 0 fully saturated rings. The van der Waals surface area contributed by atoms with Crippen molar-refractivity contribution < 1.29 is 0 Å². The highest BCUT2D eigenvalue weighted by molar-refractivity contribution is 6.31. The lowest BCUT2D eigenvalue weighted by atomic mass is 9.85.